The molecule has 1 saturated carbocycles. The Morgan fingerprint density at radius 3 is 2.69 bits per heavy atom. The molecule has 2 unspecified atom stereocenters. The molecule has 1 fully saturated rings. The van der Waals surface area contributed by atoms with Gasteiger partial charge in [-0.05, 0) is 36.8 Å². The fourth-order valence-corrected chi connectivity index (χ4v) is 3.50. The van der Waals surface area contributed by atoms with E-state index in [0.29, 0.717) is 4.83 Å². The molecule has 0 aliphatic heterocycles. The van der Waals surface area contributed by atoms with Gasteiger partial charge in [0.15, 0.2) is 0 Å². The monoisotopic (exact) mass is 300 g/mol. The van der Waals surface area contributed by atoms with Gasteiger partial charge in [-0.25, -0.2) is 0 Å². The van der Waals surface area contributed by atoms with E-state index in [2.05, 4.69) is 28.1 Å². The van der Waals surface area contributed by atoms with Crippen LogP contribution in [0.4, 0.5) is 0 Å². The fraction of sp³-hybridized carbons (Fsp3) is 0.571. The zero-order valence-electron chi connectivity index (χ0n) is 9.46. The number of alkyl halides is 1. The highest BCUT2D eigenvalue weighted by molar-refractivity contribution is 9.09. The Hall–Kier alpha value is -0.0100. The van der Waals surface area contributed by atoms with E-state index in [-0.39, 0.29) is 0 Å². The van der Waals surface area contributed by atoms with Gasteiger partial charge in [-0.15, -0.1) is 0 Å². The van der Waals surface area contributed by atoms with Crippen molar-refractivity contribution in [3.8, 4) is 0 Å². The second-order valence-corrected chi connectivity index (χ2v) is 6.29. The van der Waals surface area contributed by atoms with Crippen molar-refractivity contribution < 1.29 is 0 Å². The molecule has 0 amide bonds. The lowest BCUT2D eigenvalue weighted by molar-refractivity contribution is 0.475. The Morgan fingerprint density at radius 2 is 1.88 bits per heavy atom. The van der Waals surface area contributed by atoms with Gasteiger partial charge >= 0.3 is 0 Å². The summed E-state index contributed by atoms with van der Waals surface area (Å²) in [6.07, 6.45) is 7.90. The smallest absolute Gasteiger partial charge is 0.0438 e. The Labute approximate surface area is 112 Å². The molecule has 0 aromatic heterocycles. The SMILES string of the molecule is Clc1ccccc1CC1CCCCCC1Br. The van der Waals surface area contributed by atoms with E-state index in [1.54, 1.807) is 0 Å². The Bertz CT molecular complexity index is 337. The van der Waals surface area contributed by atoms with Crippen molar-refractivity contribution >= 4 is 27.5 Å². The van der Waals surface area contributed by atoms with Crippen molar-refractivity contribution in [3.05, 3.63) is 34.9 Å². The average Bonchev–Trinajstić information content (AvgIpc) is 2.48. The first-order chi connectivity index (χ1) is 7.77. The lowest BCUT2D eigenvalue weighted by Crippen LogP contribution is -2.15. The number of halogens is 2. The molecule has 1 aliphatic carbocycles. The molecule has 1 aromatic rings. The summed E-state index contributed by atoms with van der Waals surface area (Å²) in [6.45, 7) is 0. The first-order valence-electron chi connectivity index (χ1n) is 6.15. The minimum atomic E-state index is 0.672. The minimum absolute atomic E-state index is 0.672. The summed E-state index contributed by atoms with van der Waals surface area (Å²) in [6, 6.07) is 8.25. The van der Waals surface area contributed by atoms with Crippen LogP contribution in [0.2, 0.25) is 5.02 Å². The molecule has 2 rings (SSSR count). The van der Waals surface area contributed by atoms with Crippen LogP contribution in [0, 0.1) is 5.92 Å². The Morgan fingerprint density at radius 1 is 1.12 bits per heavy atom. The van der Waals surface area contributed by atoms with Crippen LogP contribution in [0.15, 0.2) is 24.3 Å². The third-order valence-electron chi connectivity index (χ3n) is 3.51. The van der Waals surface area contributed by atoms with Crippen LogP contribution < -0.4 is 0 Å². The number of hydrogen-bond acceptors (Lipinski definition) is 0. The van der Waals surface area contributed by atoms with Crippen molar-refractivity contribution in [1.29, 1.82) is 0 Å². The normalized spacial score (nSPS) is 26.4. The second kappa shape index (κ2) is 6.07. The number of benzene rings is 1. The van der Waals surface area contributed by atoms with E-state index >= 15 is 0 Å². The molecule has 2 atom stereocenters. The van der Waals surface area contributed by atoms with Gasteiger partial charge in [0.2, 0.25) is 0 Å². The molecule has 0 saturated heterocycles. The van der Waals surface area contributed by atoms with E-state index in [1.165, 1.54) is 37.7 Å². The highest BCUT2D eigenvalue weighted by atomic mass is 79.9. The first-order valence-corrected chi connectivity index (χ1v) is 7.44. The molecule has 2 heteroatoms. The zero-order valence-corrected chi connectivity index (χ0v) is 11.8. The van der Waals surface area contributed by atoms with Crippen LogP contribution in [-0.4, -0.2) is 4.83 Å². The second-order valence-electron chi connectivity index (χ2n) is 4.71. The van der Waals surface area contributed by atoms with Crippen molar-refractivity contribution in [2.24, 2.45) is 5.92 Å². The van der Waals surface area contributed by atoms with E-state index in [9.17, 15) is 0 Å². The fourth-order valence-electron chi connectivity index (χ4n) is 2.52. The topological polar surface area (TPSA) is 0 Å². The number of rotatable bonds is 2. The van der Waals surface area contributed by atoms with Crippen LogP contribution in [-0.2, 0) is 6.42 Å². The van der Waals surface area contributed by atoms with Gasteiger partial charge in [0.1, 0.15) is 0 Å². The molecule has 1 aromatic carbocycles. The lowest BCUT2D eigenvalue weighted by atomic mass is 9.92. The van der Waals surface area contributed by atoms with Crippen molar-refractivity contribution in [2.75, 3.05) is 0 Å². The molecule has 0 spiro atoms. The maximum absolute atomic E-state index is 6.22. The standard InChI is InChI=1S/C14H18BrCl/c15-13-8-3-1-2-6-11(13)10-12-7-4-5-9-14(12)16/h4-5,7,9,11,13H,1-3,6,8,10H2. The average molecular weight is 302 g/mol. The van der Waals surface area contributed by atoms with Crippen molar-refractivity contribution in [1.82, 2.24) is 0 Å². The third kappa shape index (κ3) is 3.24. The summed E-state index contributed by atoms with van der Waals surface area (Å²) >= 11 is 10.1. The zero-order chi connectivity index (χ0) is 11.4. The highest BCUT2D eigenvalue weighted by Gasteiger charge is 2.22. The number of hydrogen-bond donors (Lipinski definition) is 0. The molecule has 1 aliphatic rings. The largest absolute Gasteiger partial charge is 0.0888 e. The Balaban J connectivity index is 2.05. The summed E-state index contributed by atoms with van der Waals surface area (Å²) in [5.74, 6) is 0.752. The minimum Gasteiger partial charge on any atom is -0.0888 e. The van der Waals surface area contributed by atoms with Crippen LogP contribution >= 0.6 is 27.5 Å². The quantitative estimate of drug-likeness (QED) is 0.518. The first kappa shape index (κ1) is 12.4. The summed E-state index contributed by atoms with van der Waals surface area (Å²) < 4.78 is 0. The summed E-state index contributed by atoms with van der Waals surface area (Å²) in [5, 5.41) is 0.923. The van der Waals surface area contributed by atoms with Gasteiger partial charge in [-0.2, -0.15) is 0 Å². The molecule has 0 bridgehead atoms. The molecule has 0 N–H and O–H groups in total. The molecule has 16 heavy (non-hydrogen) atoms. The van der Waals surface area contributed by atoms with Gasteiger partial charge in [0, 0.05) is 9.85 Å². The third-order valence-corrected chi connectivity index (χ3v) is 5.08. The summed E-state index contributed by atoms with van der Waals surface area (Å²) in [7, 11) is 0. The lowest BCUT2D eigenvalue weighted by Gasteiger charge is -2.20. The molecule has 0 nitrogen and oxygen atoms in total. The maximum atomic E-state index is 6.22. The molecule has 0 heterocycles. The van der Waals surface area contributed by atoms with Crippen LogP contribution in [0.25, 0.3) is 0 Å². The van der Waals surface area contributed by atoms with Crippen molar-refractivity contribution in [3.63, 3.8) is 0 Å². The van der Waals surface area contributed by atoms with Crippen LogP contribution in [0.3, 0.4) is 0 Å². The summed E-state index contributed by atoms with van der Waals surface area (Å²) in [5.41, 5.74) is 1.31. The van der Waals surface area contributed by atoms with E-state index in [4.69, 9.17) is 11.6 Å². The van der Waals surface area contributed by atoms with Crippen LogP contribution in [0.5, 0.6) is 0 Å². The molecular weight excluding hydrogens is 284 g/mol. The van der Waals surface area contributed by atoms with Crippen LogP contribution in [0.1, 0.15) is 37.7 Å². The van der Waals surface area contributed by atoms with Gasteiger partial charge in [-0.3, -0.25) is 0 Å². The molecular formula is C14H18BrCl. The van der Waals surface area contributed by atoms with E-state index in [0.717, 1.165) is 17.4 Å². The summed E-state index contributed by atoms with van der Waals surface area (Å²) in [4.78, 5) is 0.672. The predicted molar refractivity (Wildman–Crippen MR) is 74.4 cm³/mol. The van der Waals surface area contributed by atoms with Gasteiger partial charge in [-0.1, -0.05) is 65.0 Å². The van der Waals surface area contributed by atoms with Gasteiger partial charge in [0.25, 0.3) is 0 Å². The van der Waals surface area contributed by atoms with Gasteiger partial charge < -0.3 is 0 Å². The van der Waals surface area contributed by atoms with E-state index in [1.807, 2.05) is 12.1 Å². The highest BCUT2D eigenvalue weighted by Crippen LogP contribution is 2.32. The van der Waals surface area contributed by atoms with Crippen molar-refractivity contribution in [2.45, 2.75) is 43.4 Å². The van der Waals surface area contributed by atoms with E-state index < -0.39 is 0 Å². The molecule has 0 radical (unpaired) electrons. The maximum Gasteiger partial charge on any atom is 0.0438 e. The van der Waals surface area contributed by atoms with Gasteiger partial charge in [0.05, 0.1) is 0 Å². The molecule has 88 valence electrons. The predicted octanol–water partition coefficient (Wildman–Crippen LogP) is 5.23. The Kier molecular flexibility index (Phi) is 4.72.